The molecule has 0 amide bonds. The Morgan fingerprint density at radius 2 is 2.00 bits per heavy atom. The summed E-state index contributed by atoms with van der Waals surface area (Å²) < 4.78 is 0. The smallest absolute Gasteiger partial charge is 0.272 e. The molecule has 5 heteroatoms. The Morgan fingerprint density at radius 3 is 2.90 bits per heavy atom. The van der Waals surface area contributed by atoms with Gasteiger partial charge in [0.15, 0.2) is 0 Å². The average molecular weight is 288 g/mol. The molecule has 1 aromatic carbocycles. The average Bonchev–Trinajstić information content (AvgIpc) is 2.69. The van der Waals surface area contributed by atoms with Crippen LogP contribution in [0.1, 0.15) is 37.8 Å². The predicted octanol–water partition coefficient (Wildman–Crippen LogP) is 3.68. The van der Waals surface area contributed by atoms with Gasteiger partial charge in [-0.2, -0.15) is 5.10 Å². The van der Waals surface area contributed by atoms with Gasteiger partial charge in [-0.1, -0.05) is 18.0 Å². The van der Waals surface area contributed by atoms with Crippen LogP contribution in [0.15, 0.2) is 22.6 Å². The van der Waals surface area contributed by atoms with Crippen molar-refractivity contribution in [2.24, 2.45) is 0 Å². The van der Waals surface area contributed by atoms with Crippen LogP contribution in [-0.4, -0.2) is 10.2 Å². The van der Waals surface area contributed by atoms with Crippen LogP contribution < -0.4 is 10.9 Å². The highest BCUT2D eigenvalue weighted by Gasteiger charge is 2.25. The van der Waals surface area contributed by atoms with Gasteiger partial charge in [0.25, 0.3) is 5.56 Å². The lowest BCUT2D eigenvalue weighted by molar-refractivity contribution is 0.713. The zero-order chi connectivity index (χ0) is 13.7. The number of anilines is 1. The van der Waals surface area contributed by atoms with Crippen molar-refractivity contribution >= 4 is 33.6 Å². The van der Waals surface area contributed by atoms with E-state index in [1.54, 1.807) is 12.1 Å². The maximum atomic E-state index is 12.0. The highest BCUT2D eigenvalue weighted by atomic mass is 35.5. The van der Waals surface area contributed by atoms with Crippen LogP contribution in [0.5, 0.6) is 0 Å². The first-order valence-electron chi connectivity index (χ1n) is 6.96. The van der Waals surface area contributed by atoms with E-state index in [0.717, 1.165) is 29.6 Å². The van der Waals surface area contributed by atoms with E-state index in [9.17, 15) is 4.79 Å². The quantitative estimate of drug-likeness (QED) is 0.777. The van der Waals surface area contributed by atoms with Crippen molar-refractivity contribution in [3.05, 3.63) is 38.9 Å². The zero-order valence-corrected chi connectivity index (χ0v) is 11.7. The molecule has 0 atom stereocenters. The molecule has 4 nitrogen and oxygen atoms in total. The van der Waals surface area contributed by atoms with Crippen molar-refractivity contribution in [3.63, 3.8) is 0 Å². The van der Waals surface area contributed by atoms with Crippen LogP contribution in [0, 0.1) is 0 Å². The Bertz CT molecular complexity index is 807. The molecule has 0 saturated heterocycles. The minimum absolute atomic E-state index is 0.166. The fraction of sp³-hybridized carbons (Fsp3) is 0.333. The summed E-state index contributed by atoms with van der Waals surface area (Å²) in [7, 11) is 0. The number of hydrogen-bond acceptors (Lipinski definition) is 3. The minimum Gasteiger partial charge on any atom is -0.357 e. The van der Waals surface area contributed by atoms with Crippen LogP contribution in [-0.2, 0) is 0 Å². The second kappa shape index (κ2) is 4.35. The Kier molecular flexibility index (Phi) is 2.60. The van der Waals surface area contributed by atoms with Crippen LogP contribution in [0.3, 0.4) is 0 Å². The molecule has 1 aliphatic heterocycles. The fourth-order valence-electron chi connectivity index (χ4n) is 3.21. The normalized spacial score (nSPS) is 17.6. The van der Waals surface area contributed by atoms with Crippen molar-refractivity contribution in [3.8, 4) is 0 Å². The Balaban J connectivity index is 2.10. The number of rotatable bonds is 0. The lowest BCUT2D eigenvalue weighted by Gasteiger charge is -2.23. The molecule has 2 aromatic rings. The number of H-pyrrole nitrogens is 1. The maximum Gasteiger partial charge on any atom is 0.272 e. The number of fused-ring (bicyclic) bond motifs is 1. The molecule has 1 aliphatic carbocycles. The summed E-state index contributed by atoms with van der Waals surface area (Å²) in [6.45, 7) is 0. The van der Waals surface area contributed by atoms with Gasteiger partial charge in [0.1, 0.15) is 0 Å². The Hall–Kier alpha value is -1.81. The SMILES string of the molecule is O=c1[nH]nc2c3c(c(Cl)ccc13)NC1=C2CCCCC1. The summed E-state index contributed by atoms with van der Waals surface area (Å²) in [6.07, 6.45) is 5.59. The van der Waals surface area contributed by atoms with E-state index < -0.39 is 0 Å². The molecule has 0 spiro atoms. The standard InChI is InChI=1S/C15H14ClN3O/c16-10-7-6-9-12-13(18-19-15(9)20)8-4-2-1-3-5-11(8)17-14(10)12/h6-7,17H,1-5H2,(H,19,20). The predicted molar refractivity (Wildman–Crippen MR) is 81.0 cm³/mol. The molecule has 102 valence electrons. The molecule has 0 fully saturated rings. The minimum atomic E-state index is -0.166. The van der Waals surface area contributed by atoms with Crippen molar-refractivity contribution < 1.29 is 0 Å². The monoisotopic (exact) mass is 287 g/mol. The Morgan fingerprint density at radius 1 is 1.15 bits per heavy atom. The third-order valence-corrected chi connectivity index (χ3v) is 4.50. The number of hydrogen-bond donors (Lipinski definition) is 2. The van der Waals surface area contributed by atoms with Gasteiger partial charge in [-0.25, -0.2) is 5.10 Å². The molecular weight excluding hydrogens is 274 g/mol. The van der Waals surface area contributed by atoms with Gasteiger partial charge in [0.05, 0.1) is 21.8 Å². The largest absolute Gasteiger partial charge is 0.357 e. The number of aromatic nitrogens is 2. The molecule has 4 rings (SSSR count). The highest BCUT2D eigenvalue weighted by Crippen LogP contribution is 2.43. The van der Waals surface area contributed by atoms with E-state index in [1.165, 1.54) is 30.5 Å². The van der Waals surface area contributed by atoms with Gasteiger partial charge in [0.2, 0.25) is 0 Å². The number of nitrogens with one attached hydrogen (secondary N) is 2. The first-order valence-corrected chi connectivity index (χ1v) is 7.34. The maximum absolute atomic E-state index is 12.0. The van der Waals surface area contributed by atoms with Crippen molar-refractivity contribution in [2.45, 2.75) is 32.1 Å². The molecule has 2 aliphatic rings. The Labute approximate surface area is 120 Å². The first-order chi connectivity index (χ1) is 9.75. The van der Waals surface area contributed by atoms with Crippen LogP contribution in [0.2, 0.25) is 5.02 Å². The lowest BCUT2D eigenvalue weighted by Crippen LogP contribution is -2.17. The molecule has 0 saturated carbocycles. The molecule has 2 N–H and O–H groups in total. The van der Waals surface area contributed by atoms with Crippen molar-refractivity contribution in [1.82, 2.24) is 10.2 Å². The van der Waals surface area contributed by atoms with Gasteiger partial charge in [0, 0.05) is 11.1 Å². The third kappa shape index (κ3) is 1.61. The van der Waals surface area contributed by atoms with E-state index in [4.69, 9.17) is 11.6 Å². The van der Waals surface area contributed by atoms with Crippen LogP contribution >= 0.6 is 11.6 Å². The summed E-state index contributed by atoms with van der Waals surface area (Å²) >= 11 is 6.31. The fourth-order valence-corrected chi connectivity index (χ4v) is 3.41. The molecule has 1 aromatic heterocycles. The van der Waals surface area contributed by atoms with Crippen molar-refractivity contribution in [2.75, 3.05) is 5.32 Å². The van der Waals surface area contributed by atoms with Crippen LogP contribution in [0.4, 0.5) is 5.69 Å². The number of benzene rings is 1. The van der Waals surface area contributed by atoms with E-state index >= 15 is 0 Å². The van der Waals surface area contributed by atoms with Gasteiger partial charge < -0.3 is 5.32 Å². The third-order valence-electron chi connectivity index (χ3n) is 4.18. The van der Waals surface area contributed by atoms with Gasteiger partial charge in [-0.05, 0) is 43.4 Å². The van der Waals surface area contributed by atoms with E-state index in [0.29, 0.717) is 10.4 Å². The summed E-state index contributed by atoms with van der Waals surface area (Å²) in [5.41, 5.74) is 4.01. The van der Waals surface area contributed by atoms with Crippen LogP contribution in [0.25, 0.3) is 16.3 Å². The van der Waals surface area contributed by atoms with Gasteiger partial charge in [-0.3, -0.25) is 4.79 Å². The topological polar surface area (TPSA) is 57.8 Å². The number of aromatic amines is 1. The molecule has 0 radical (unpaired) electrons. The summed E-state index contributed by atoms with van der Waals surface area (Å²) in [5, 5.41) is 12.5. The summed E-state index contributed by atoms with van der Waals surface area (Å²) in [5.74, 6) is 0. The highest BCUT2D eigenvalue weighted by molar-refractivity contribution is 6.35. The summed E-state index contributed by atoms with van der Waals surface area (Å²) in [6, 6.07) is 3.54. The molecule has 20 heavy (non-hydrogen) atoms. The first kappa shape index (κ1) is 12.0. The van der Waals surface area contributed by atoms with Gasteiger partial charge in [-0.15, -0.1) is 0 Å². The van der Waals surface area contributed by atoms with Gasteiger partial charge >= 0.3 is 0 Å². The van der Waals surface area contributed by atoms with E-state index in [-0.39, 0.29) is 5.56 Å². The summed E-state index contributed by atoms with van der Waals surface area (Å²) in [4.78, 5) is 12.0. The second-order valence-corrected chi connectivity index (χ2v) is 5.80. The number of allylic oxidation sites excluding steroid dienone is 2. The zero-order valence-electron chi connectivity index (χ0n) is 10.9. The van der Waals surface area contributed by atoms with E-state index in [1.807, 2.05) is 0 Å². The number of nitrogens with zero attached hydrogens (tertiary/aromatic N) is 1. The molecule has 0 unspecified atom stereocenters. The van der Waals surface area contributed by atoms with Crippen molar-refractivity contribution in [1.29, 1.82) is 0 Å². The molecule has 2 heterocycles. The number of halogens is 1. The van der Waals surface area contributed by atoms with E-state index in [2.05, 4.69) is 15.5 Å². The second-order valence-electron chi connectivity index (χ2n) is 5.39. The molecule has 0 bridgehead atoms. The molecular formula is C15H14ClN3O. The lowest BCUT2D eigenvalue weighted by atomic mass is 9.95.